The zero-order chi connectivity index (χ0) is 11.7. The molecule has 0 amide bonds. The van der Waals surface area contributed by atoms with Crippen LogP contribution in [0.25, 0.3) is 0 Å². The molecule has 0 aromatic heterocycles. The SMILES string of the molecule is CO[Si](OC)(OC)C(CCN)NCCN. The molecule has 0 aliphatic heterocycles. The molecule has 0 aromatic rings. The maximum Gasteiger partial charge on any atom is 0.518 e. The van der Waals surface area contributed by atoms with E-state index < -0.39 is 8.80 Å². The van der Waals surface area contributed by atoms with Gasteiger partial charge in [0.25, 0.3) is 0 Å². The van der Waals surface area contributed by atoms with Crippen molar-refractivity contribution in [3.8, 4) is 0 Å². The van der Waals surface area contributed by atoms with Crippen LogP contribution in [0, 0.1) is 0 Å². The van der Waals surface area contributed by atoms with Crippen LogP contribution in [-0.4, -0.2) is 55.4 Å². The van der Waals surface area contributed by atoms with Gasteiger partial charge in [-0.3, -0.25) is 0 Å². The van der Waals surface area contributed by atoms with Crippen LogP contribution in [-0.2, 0) is 13.3 Å². The Kier molecular flexibility index (Phi) is 8.15. The third-order valence-electron chi connectivity index (χ3n) is 2.27. The average molecular weight is 237 g/mol. The number of hydrogen-bond donors (Lipinski definition) is 3. The molecule has 0 saturated carbocycles. The van der Waals surface area contributed by atoms with Gasteiger partial charge in [-0.25, -0.2) is 0 Å². The maximum atomic E-state index is 5.55. The summed E-state index contributed by atoms with van der Waals surface area (Å²) in [5.41, 5.74) is 11.0. The molecule has 1 atom stereocenters. The molecule has 0 spiro atoms. The van der Waals surface area contributed by atoms with E-state index in [9.17, 15) is 0 Å². The predicted octanol–water partition coefficient (Wildman–Crippen LogP) is -1.33. The van der Waals surface area contributed by atoms with Crippen molar-refractivity contribution in [3.05, 3.63) is 0 Å². The van der Waals surface area contributed by atoms with Crippen LogP contribution < -0.4 is 16.8 Å². The van der Waals surface area contributed by atoms with Gasteiger partial charge in [0, 0.05) is 34.4 Å². The van der Waals surface area contributed by atoms with Gasteiger partial charge in [0.15, 0.2) is 0 Å². The molecule has 0 bridgehead atoms. The van der Waals surface area contributed by atoms with Gasteiger partial charge >= 0.3 is 8.80 Å². The van der Waals surface area contributed by atoms with Crippen LogP contribution in [0.15, 0.2) is 0 Å². The number of hydrogen-bond acceptors (Lipinski definition) is 6. The molecule has 1 unspecified atom stereocenters. The molecule has 0 radical (unpaired) electrons. The molecule has 15 heavy (non-hydrogen) atoms. The molecule has 7 heteroatoms. The van der Waals surface area contributed by atoms with Crippen LogP contribution in [0.4, 0.5) is 0 Å². The first kappa shape index (κ1) is 15.0. The Bertz CT molecular complexity index is 150. The van der Waals surface area contributed by atoms with E-state index in [1.54, 1.807) is 21.3 Å². The molecular formula is C8H23N3O3Si. The second kappa shape index (κ2) is 8.17. The first-order chi connectivity index (χ1) is 7.20. The second-order valence-corrected chi connectivity index (χ2v) is 6.22. The van der Waals surface area contributed by atoms with Crippen LogP contribution in [0.1, 0.15) is 6.42 Å². The lowest BCUT2D eigenvalue weighted by molar-refractivity contribution is 0.106. The summed E-state index contributed by atoms with van der Waals surface area (Å²) in [5.74, 6) is 0. The number of nitrogens with one attached hydrogen (secondary N) is 1. The van der Waals surface area contributed by atoms with E-state index in [1.807, 2.05) is 0 Å². The molecule has 0 aliphatic rings. The highest BCUT2D eigenvalue weighted by Crippen LogP contribution is 2.14. The molecule has 92 valence electrons. The minimum absolute atomic E-state index is 0.00829. The molecule has 0 rings (SSSR count). The van der Waals surface area contributed by atoms with Crippen LogP contribution in [0.5, 0.6) is 0 Å². The lowest BCUT2D eigenvalue weighted by Crippen LogP contribution is -2.61. The van der Waals surface area contributed by atoms with Gasteiger partial charge in [0.1, 0.15) is 0 Å². The minimum atomic E-state index is -2.65. The van der Waals surface area contributed by atoms with Crippen LogP contribution in [0.3, 0.4) is 0 Å². The summed E-state index contributed by atoms with van der Waals surface area (Å²) in [5, 5.41) is 3.25. The number of rotatable bonds is 9. The summed E-state index contributed by atoms with van der Waals surface area (Å²) in [6.45, 7) is 1.80. The van der Waals surface area contributed by atoms with Gasteiger partial charge in [-0.15, -0.1) is 0 Å². The lowest BCUT2D eigenvalue weighted by Gasteiger charge is -2.32. The van der Waals surface area contributed by atoms with Crippen molar-refractivity contribution >= 4 is 8.80 Å². The highest BCUT2D eigenvalue weighted by atomic mass is 28.4. The molecule has 0 aromatic carbocycles. The van der Waals surface area contributed by atoms with E-state index in [2.05, 4.69) is 5.32 Å². The normalized spacial score (nSPS) is 14.2. The number of nitrogens with two attached hydrogens (primary N) is 2. The van der Waals surface area contributed by atoms with E-state index in [0.29, 0.717) is 19.6 Å². The highest BCUT2D eigenvalue weighted by molar-refractivity contribution is 6.62. The second-order valence-electron chi connectivity index (χ2n) is 3.09. The van der Waals surface area contributed by atoms with Crippen LogP contribution >= 0.6 is 0 Å². The van der Waals surface area contributed by atoms with E-state index in [-0.39, 0.29) is 5.67 Å². The van der Waals surface area contributed by atoms with Crippen molar-refractivity contribution in [2.45, 2.75) is 12.1 Å². The van der Waals surface area contributed by atoms with Gasteiger partial charge in [-0.05, 0) is 13.0 Å². The van der Waals surface area contributed by atoms with Gasteiger partial charge in [-0.2, -0.15) is 0 Å². The third kappa shape index (κ3) is 4.15. The monoisotopic (exact) mass is 237 g/mol. The molecule has 0 heterocycles. The van der Waals surface area contributed by atoms with E-state index >= 15 is 0 Å². The first-order valence-corrected chi connectivity index (χ1v) is 6.79. The first-order valence-electron chi connectivity index (χ1n) is 4.99. The third-order valence-corrected chi connectivity index (χ3v) is 5.32. The average Bonchev–Trinajstić information content (AvgIpc) is 2.28. The summed E-state index contributed by atoms with van der Waals surface area (Å²) < 4.78 is 16.2. The summed E-state index contributed by atoms with van der Waals surface area (Å²) in [6.07, 6.45) is 0.738. The fraction of sp³-hybridized carbons (Fsp3) is 1.00. The molecule has 5 N–H and O–H groups in total. The van der Waals surface area contributed by atoms with Gasteiger partial charge in [0.2, 0.25) is 0 Å². The fourth-order valence-corrected chi connectivity index (χ4v) is 3.77. The van der Waals surface area contributed by atoms with Gasteiger partial charge in [0.05, 0.1) is 5.67 Å². The summed E-state index contributed by atoms with van der Waals surface area (Å²) >= 11 is 0. The predicted molar refractivity (Wildman–Crippen MR) is 61.3 cm³/mol. The van der Waals surface area contributed by atoms with Gasteiger partial charge < -0.3 is 30.1 Å². The van der Waals surface area contributed by atoms with Crippen molar-refractivity contribution in [3.63, 3.8) is 0 Å². The summed E-state index contributed by atoms with van der Waals surface area (Å²) in [4.78, 5) is 0. The molecular weight excluding hydrogens is 214 g/mol. The minimum Gasteiger partial charge on any atom is -0.376 e. The van der Waals surface area contributed by atoms with E-state index in [4.69, 9.17) is 24.7 Å². The lowest BCUT2D eigenvalue weighted by atomic mass is 10.4. The highest BCUT2D eigenvalue weighted by Gasteiger charge is 2.46. The molecule has 6 nitrogen and oxygen atoms in total. The molecule has 0 fully saturated rings. The van der Waals surface area contributed by atoms with Crippen molar-refractivity contribution in [1.29, 1.82) is 0 Å². The van der Waals surface area contributed by atoms with Crippen molar-refractivity contribution in [2.24, 2.45) is 11.5 Å². The smallest absolute Gasteiger partial charge is 0.376 e. The quantitative estimate of drug-likeness (QED) is 0.430. The van der Waals surface area contributed by atoms with Crippen molar-refractivity contribution < 1.29 is 13.3 Å². The van der Waals surface area contributed by atoms with E-state index in [1.165, 1.54) is 0 Å². The Morgan fingerprint density at radius 3 is 1.93 bits per heavy atom. The Hall–Kier alpha value is -0.0231. The molecule has 0 aliphatic carbocycles. The van der Waals surface area contributed by atoms with Crippen molar-refractivity contribution in [2.75, 3.05) is 41.0 Å². The largest absolute Gasteiger partial charge is 0.518 e. The van der Waals surface area contributed by atoms with Crippen LogP contribution in [0.2, 0.25) is 0 Å². The van der Waals surface area contributed by atoms with E-state index in [0.717, 1.165) is 6.42 Å². The summed E-state index contributed by atoms with van der Waals surface area (Å²) in [7, 11) is 2.12. The zero-order valence-corrected chi connectivity index (χ0v) is 10.8. The zero-order valence-electron chi connectivity index (χ0n) is 9.79. The standard InChI is InChI=1S/C8H23N3O3Si/c1-12-15(13-2,14-3)8(4-5-9)11-7-6-10/h8,11H,4-7,9-10H2,1-3H3. The fourth-order valence-electron chi connectivity index (χ4n) is 1.50. The van der Waals surface area contributed by atoms with Crippen molar-refractivity contribution in [1.82, 2.24) is 5.32 Å². The summed E-state index contributed by atoms with van der Waals surface area (Å²) in [6, 6.07) is 0. The Balaban J connectivity index is 4.50. The molecule has 0 saturated heterocycles. The Morgan fingerprint density at radius 2 is 1.60 bits per heavy atom. The maximum absolute atomic E-state index is 5.55. The Morgan fingerprint density at radius 1 is 1.07 bits per heavy atom. The topological polar surface area (TPSA) is 91.8 Å². The Labute approximate surface area is 92.6 Å². The van der Waals surface area contributed by atoms with Gasteiger partial charge in [-0.1, -0.05) is 0 Å².